The third-order valence-corrected chi connectivity index (χ3v) is 5.40. The van der Waals surface area contributed by atoms with Crippen LogP contribution in [0.2, 0.25) is 0 Å². The van der Waals surface area contributed by atoms with Crippen LogP contribution < -0.4 is 10.6 Å². The molecule has 3 rings (SSSR count). The van der Waals surface area contributed by atoms with Crippen molar-refractivity contribution in [2.75, 3.05) is 14.1 Å². The second-order valence-electron chi connectivity index (χ2n) is 7.08. The summed E-state index contributed by atoms with van der Waals surface area (Å²) >= 11 is 0. The van der Waals surface area contributed by atoms with E-state index in [1.165, 1.54) is 25.7 Å². The van der Waals surface area contributed by atoms with E-state index < -0.39 is 0 Å². The lowest BCUT2D eigenvalue weighted by molar-refractivity contribution is -0.132. The number of likely N-dealkylation sites (N-methyl/N-ethyl adjacent to an activating group) is 1. The van der Waals surface area contributed by atoms with Crippen LogP contribution in [0, 0.1) is 5.92 Å². The van der Waals surface area contributed by atoms with E-state index in [0.29, 0.717) is 24.1 Å². The number of rotatable bonds is 4. The van der Waals surface area contributed by atoms with Crippen LogP contribution in [0.25, 0.3) is 0 Å². The van der Waals surface area contributed by atoms with Crippen LogP contribution in [0.5, 0.6) is 0 Å². The van der Waals surface area contributed by atoms with Crippen molar-refractivity contribution in [2.24, 2.45) is 5.92 Å². The first-order valence-electron chi connectivity index (χ1n) is 8.90. The quantitative estimate of drug-likeness (QED) is 0.887. The highest BCUT2D eigenvalue weighted by atomic mass is 16.2. The van der Waals surface area contributed by atoms with Gasteiger partial charge in [-0.2, -0.15) is 0 Å². The number of benzene rings is 1. The van der Waals surface area contributed by atoms with Gasteiger partial charge in [-0.3, -0.25) is 9.59 Å². The number of hydrogen-bond donors (Lipinski definition) is 2. The standard InChI is InChI=1S/C19H27N3O2/c1-20-18(23)14-9-7-13(8-10-14)12-22(2)19(24)17-11-15-5-3-4-6-16(15)21-17/h7-10,15-17,21H,3-6,11-12H2,1-2H3,(H,20,23). The fourth-order valence-corrected chi connectivity index (χ4v) is 4.03. The van der Waals surface area contributed by atoms with Crippen molar-refractivity contribution < 1.29 is 9.59 Å². The minimum atomic E-state index is -0.0938. The van der Waals surface area contributed by atoms with Gasteiger partial charge in [0.2, 0.25) is 5.91 Å². The Labute approximate surface area is 143 Å². The van der Waals surface area contributed by atoms with Crippen molar-refractivity contribution in [1.29, 1.82) is 0 Å². The van der Waals surface area contributed by atoms with Gasteiger partial charge in [0, 0.05) is 32.2 Å². The topological polar surface area (TPSA) is 61.4 Å². The van der Waals surface area contributed by atoms with E-state index in [9.17, 15) is 9.59 Å². The maximum Gasteiger partial charge on any atom is 0.251 e. The second kappa shape index (κ2) is 7.34. The van der Waals surface area contributed by atoms with Gasteiger partial charge in [0.1, 0.15) is 0 Å². The van der Waals surface area contributed by atoms with E-state index >= 15 is 0 Å². The van der Waals surface area contributed by atoms with Gasteiger partial charge in [0.15, 0.2) is 0 Å². The molecule has 24 heavy (non-hydrogen) atoms. The van der Waals surface area contributed by atoms with Crippen LogP contribution in [0.1, 0.15) is 48.0 Å². The lowest BCUT2D eigenvalue weighted by Gasteiger charge is -2.24. The van der Waals surface area contributed by atoms with E-state index in [0.717, 1.165) is 12.0 Å². The van der Waals surface area contributed by atoms with Gasteiger partial charge in [0.25, 0.3) is 5.91 Å². The van der Waals surface area contributed by atoms with E-state index in [4.69, 9.17) is 0 Å². The molecule has 1 heterocycles. The third kappa shape index (κ3) is 3.61. The molecular formula is C19H27N3O2. The van der Waals surface area contributed by atoms with Crippen LogP contribution in [0.15, 0.2) is 24.3 Å². The number of amides is 2. The zero-order valence-corrected chi connectivity index (χ0v) is 14.5. The zero-order chi connectivity index (χ0) is 17.1. The highest BCUT2D eigenvalue weighted by Gasteiger charge is 2.39. The summed E-state index contributed by atoms with van der Waals surface area (Å²) in [6.07, 6.45) is 6.02. The Hall–Kier alpha value is -1.88. The summed E-state index contributed by atoms with van der Waals surface area (Å²) < 4.78 is 0. The van der Waals surface area contributed by atoms with Crippen molar-refractivity contribution in [3.8, 4) is 0 Å². The van der Waals surface area contributed by atoms with E-state index in [1.54, 1.807) is 24.1 Å². The Balaban J connectivity index is 1.57. The smallest absolute Gasteiger partial charge is 0.251 e. The molecule has 5 nitrogen and oxygen atoms in total. The zero-order valence-electron chi connectivity index (χ0n) is 14.5. The number of nitrogens with one attached hydrogen (secondary N) is 2. The number of carbonyl (C=O) groups is 2. The molecule has 1 aliphatic heterocycles. The molecule has 5 heteroatoms. The first kappa shape index (κ1) is 17.0. The largest absolute Gasteiger partial charge is 0.355 e. The molecule has 0 spiro atoms. The molecule has 1 aromatic carbocycles. The number of fused-ring (bicyclic) bond motifs is 1. The van der Waals surface area contributed by atoms with Gasteiger partial charge in [-0.1, -0.05) is 25.0 Å². The summed E-state index contributed by atoms with van der Waals surface area (Å²) in [7, 11) is 3.48. The van der Waals surface area contributed by atoms with Crippen LogP contribution >= 0.6 is 0 Å². The van der Waals surface area contributed by atoms with Gasteiger partial charge < -0.3 is 15.5 Å². The molecule has 1 saturated carbocycles. The molecule has 2 aliphatic rings. The van der Waals surface area contributed by atoms with Crippen molar-refractivity contribution >= 4 is 11.8 Å². The molecule has 1 aliphatic carbocycles. The molecular weight excluding hydrogens is 302 g/mol. The van der Waals surface area contributed by atoms with E-state index in [-0.39, 0.29) is 17.9 Å². The van der Waals surface area contributed by atoms with Crippen LogP contribution in [0.3, 0.4) is 0 Å². The molecule has 0 radical (unpaired) electrons. The van der Waals surface area contributed by atoms with Gasteiger partial charge >= 0.3 is 0 Å². The Morgan fingerprint density at radius 3 is 2.58 bits per heavy atom. The summed E-state index contributed by atoms with van der Waals surface area (Å²) in [4.78, 5) is 26.1. The Kier molecular flexibility index (Phi) is 5.19. The Bertz CT molecular complexity index is 585. The normalized spacial score (nSPS) is 25.8. The Morgan fingerprint density at radius 1 is 1.21 bits per heavy atom. The lowest BCUT2D eigenvalue weighted by atomic mass is 9.85. The van der Waals surface area contributed by atoms with Gasteiger partial charge in [0.05, 0.1) is 6.04 Å². The molecule has 0 aromatic heterocycles. The molecule has 2 N–H and O–H groups in total. The summed E-state index contributed by atoms with van der Waals surface area (Å²) in [6.45, 7) is 0.570. The molecule has 130 valence electrons. The molecule has 2 fully saturated rings. The minimum Gasteiger partial charge on any atom is -0.355 e. The first-order chi connectivity index (χ1) is 11.6. The summed E-state index contributed by atoms with van der Waals surface area (Å²) in [5, 5.41) is 6.16. The number of nitrogens with zero attached hydrogens (tertiary/aromatic N) is 1. The molecule has 2 amide bonds. The maximum absolute atomic E-state index is 12.7. The number of carbonyl (C=O) groups excluding carboxylic acids is 2. The Morgan fingerprint density at radius 2 is 1.92 bits per heavy atom. The molecule has 1 saturated heterocycles. The highest BCUT2D eigenvalue weighted by molar-refractivity contribution is 5.93. The molecule has 3 atom stereocenters. The molecule has 1 aromatic rings. The molecule has 0 bridgehead atoms. The fraction of sp³-hybridized carbons (Fsp3) is 0.579. The average molecular weight is 329 g/mol. The van der Waals surface area contributed by atoms with Gasteiger partial charge in [-0.05, 0) is 42.9 Å². The van der Waals surface area contributed by atoms with Crippen LogP contribution in [0.4, 0.5) is 0 Å². The summed E-state index contributed by atoms with van der Waals surface area (Å²) in [5.74, 6) is 0.761. The van der Waals surface area contributed by atoms with E-state index in [1.807, 2.05) is 19.2 Å². The highest BCUT2D eigenvalue weighted by Crippen LogP contribution is 2.33. The van der Waals surface area contributed by atoms with Gasteiger partial charge in [-0.25, -0.2) is 0 Å². The lowest BCUT2D eigenvalue weighted by Crippen LogP contribution is -2.43. The van der Waals surface area contributed by atoms with Crippen molar-refractivity contribution in [3.05, 3.63) is 35.4 Å². The monoisotopic (exact) mass is 329 g/mol. The maximum atomic E-state index is 12.7. The fourth-order valence-electron chi connectivity index (χ4n) is 4.03. The van der Waals surface area contributed by atoms with Crippen LogP contribution in [-0.4, -0.2) is 42.9 Å². The van der Waals surface area contributed by atoms with Crippen molar-refractivity contribution in [3.63, 3.8) is 0 Å². The predicted octanol–water partition coefficient (Wildman–Crippen LogP) is 1.93. The minimum absolute atomic E-state index is 0.0340. The predicted molar refractivity (Wildman–Crippen MR) is 93.6 cm³/mol. The third-order valence-electron chi connectivity index (χ3n) is 5.40. The molecule has 3 unspecified atom stereocenters. The van der Waals surface area contributed by atoms with E-state index in [2.05, 4.69) is 10.6 Å². The summed E-state index contributed by atoms with van der Waals surface area (Å²) in [5.41, 5.74) is 1.67. The first-order valence-corrected chi connectivity index (χ1v) is 8.90. The average Bonchev–Trinajstić information content (AvgIpc) is 3.05. The van der Waals surface area contributed by atoms with Crippen molar-refractivity contribution in [1.82, 2.24) is 15.5 Å². The summed E-state index contributed by atoms with van der Waals surface area (Å²) in [6, 6.07) is 7.93. The van der Waals surface area contributed by atoms with Crippen molar-refractivity contribution in [2.45, 2.75) is 50.7 Å². The van der Waals surface area contributed by atoms with Gasteiger partial charge in [-0.15, -0.1) is 0 Å². The second-order valence-corrected chi connectivity index (χ2v) is 7.08. The number of hydrogen-bond acceptors (Lipinski definition) is 3. The van der Waals surface area contributed by atoms with Crippen LogP contribution in [-0.2, 0) is 11.3 Å². The SMILES string of the molecule is CNC(=O)c1ccc(CN(C)C(=O)C2CC3CCCCC3N2)cc1.